The van der Waals surface area contributed by atoms with Crippen LogP contribution in [0, 0.1) is 7.14 Å². The van der Waals surface area contributed by atoms with Crippen molar-refractivity contribution < 1.29 is 38.4 Å². The number of methoxy groups -OCH3 is 1. The zero-order valence-corrected chi connectivity index (χ0v) is 26.1. The van der Waals surface area contributed by atoms with Crippen molar-refractivity contribution in [1.29, 1.82) is 0 Å². The fraction of sp³-hybridized carbons (Fsp3) is 0.200. The van der Waals surface area contributed by atoms with Crippen LogP contribution in [0.1, 0.15) is 10.5 Å². The molecule has 0 bridgehead atoms. The summed E-state index contributed by atoms with van der Waals surface area (Å²) >= 11 is -2.58. The SMILES string of the molecule is COc1ccc2nc(NC(=O)c3ccc(I(OS(=O)(=O)C(F)(F)F)c4ccc(N(C)C(=O)N(C)C)cc4)cn3)sc2c1. The number of amides is 3. The molecule has 4 aromatic rings. The van der Waals surface area contributed by atoms with Gasteiger partial charge in [0.05, 0.1) is 7.11 Å². The first kappa shape index (κ1) is 31.4. The van der Waals surface area contributed by atoms with E-state index in [1.54, 1.807) is 32.3 Å². The zero-order valence-electron chi connectivity index (χ0n) is 22.3. The third-order valence-electron chi connectivity index (χ3n) is 5.49. The number of nitrogens with one attached hydrogen (secondary N) is 1. The molecule has 0 aliphatic heterocycles. The Balaban J connectivity index is 1.60. The summed E-state index contributed by atoms with van der Waals surface area (Å²) in [6.07, 6.45) is 1.12. The number of urea groups is 1. The van der Waals surface area contributed by atoms with Gasteiger partial charge in [-0.2, -0.15) is 0 Å². The van der Waals surface area contributed by atoms with Gasteiger partial charge in [0.1, 0.15) is 0 Å². The van der Waals surface area contributed by atoms with Crippen LogP contribution in [-0.4, -0.2) is 69.0 Å². The molecular formula is C25H23F3IN5O6S2. The first-order chi connectivity index (χ1) is 19.7. The number of nitrogens with zero attached hydrogens (tertiary/aromatic N) is 4. The number of halogens is 4. The van der Waals surface area contributed by atoms with Crippen LogP contribution in [0.4, 0.5) is 28.8 Å². The molecule has 2 heterocycles. The Morgan fingerprint density at radius 2 is 1.67 bits per heavy atom. The third kappa shape index (κ3) is 6.90. The normalized spacial score (nSPS) is 12.1. The van der Waals surface area contributed by atoms with E-state index >= 15 is 0 Å². The average molecular weight is 738 g/mol. The number of carbonyl (C=O) groups excluding carboxylic acids is 2. The topological polar surface area (TPSA) is 131 Å². The average Bonchev–Trinajstić information content (AvgIpc) is 3.36. The van der Waals surface area contributed by atoms with Crippen molar-refractivity contribution in [2.45, 2.75) is 5.51 Å². The first-order valence-corrected chi connectivity index (χ1v) is 16.9. The standard InChI is InChI=1S/C25H23F3IN5O6S2/c1-33(2)24(36)34(3)17-8-5-15(6-9-17)29(40-42(37,38)25(26,27)28)16-7-11-20(30-14-16)22(35)32-23-31-19-12-10-18(39-4)13-21(19)41-23/h5-14H,1-4H3,(H,31,32,35). The van der Waals surface area contributed by atoms with Crippen molar-refractivity contribution in [3.8, 4) is 5.75 Å². The molecule has 0 unspecified atom stereocenters. The Bertz CT molecular complexity index is 1720. The van der Waals surface area contributed by atoms with Crippen molar-refractivity contribution in [1.82, 2.24) is 14.9 Å². The predicted octanol–water partition coefficient (Wildman–Crippen LogP) is 5.40. The quantitative estimate of drug-likeness (QED) is 0.188. The molecule has 11 nitrogen and oxygen atoms in total. The van der Waals surface area contributed by atoms with Crippen molar-refractivity contribution >= 4 is 74.7 Å². The summed E-state index contributed by atoms with van der Waals surface area (Å²) in [6.45, 7) is 0. The molecule has 3 amide bonds. The summed E-state index contributed by atoms with van der Waals surface area (Å²) in [7, 11) is 0.196. The molecular weight excluding hydrogens is 714 g/mol. The number of aromatic nitrogens is 2. The molecule has 2 aromatic heterocycles. The molecule has 0 spiro atoms. The van der Waals surface area contributed by atoms with Crippen LogP contribution in [0.25, 0.3) is 10.2 Å². The van der Waals surface area contributed by atoms with Gasteiger partial charge in [-0.1, -0.05) is 0 Å². The molecule has 0 saturated carbocycles. The van der Waals surface area contributed by atoms with Gasteiger partial charge in [0.25, 0.3) is 0 Å². The maximum atomic E-state index is 13.2. The van der Waals surface area contributed by atoms with E-state index in [1.165, 1.54) is 71.7 Å². The van der Waals surface area contributed by atoms with Gasteiger partial charge in [0.2, 0.25) is 0 Å². The second-order valence-corrected chi connectivity index (χ2v) is 16.1. The zero-order chi connectivity index (χ0) is 30.8. The van der Waals surface area contributed by atoms with Gasteiger partial charge >= 0.3 is 244 Å². The second kappa shape index (κ2) is 12.4. The predicted molar refractivity (Wildman–Crippen MR) is 160 cm³/mol. The van der Waals surface area contributed by atoms with Gasteiger partial charge in [0.15, 0.2) is 0 Å². The van der Waals surface area contributed by atoms with E-state index in [2.05, 4.69) is 15.3 Å². The summed E-state index contributed by atoms with van der Waals surface area (Å²) < 4.78 is 74.7. The summed E-state index contributed by atoms with van der Waals surface area (Å²) in [5.74, 6) is -0.00583. The number of fused-ring (bicyclic) bond motifs is 1. The van der Waals surface area contributed by atoms with E-state index in [0.29, 0.717) is 22.1 Å². The van der Waals surface area contributed by atoms with E-state index in [-0.39, 0.29) is 18.9 Å². The summed E-state index contributed by atoms with van der Waals surface area (Å²) in [5, 5.41) is 2.92. The van der Waals surface area contributed by atoms with E-state index in [0.717, 1.165) is 10.9 Å². The number of benzene rings is 2. The van der Waals surface area contributed by atoms with E-state index in [4.69, 9.17) is 7.25 Å². The minimum absolute atomic E-state index is 0.0794. The third-order valence-corrected chi connectivity index (χ3v) is 13.4. The van der Waals surface area contributed by atoms with Crippen LogP contribution >= 0.6 is 31.6 Å². The molecule has 224 valence electrons. The van der Waals surface area contributed by atoms with Gasteiger partial charge in [-0.3, -0.25) is 0 Å². The Hall–Kier alpha value is -3.55. The van der Waals surface area contributed by atoms with Crippen LogP contribution in [-0.2, 0) is 12.6 Å². The fourth-order valence-corrected chi connectivity index (χ4v) is 10.5. The summed E-state index contributed by atoms with van der Waals surface area (Å²) in [6, 6.07) is 13.2. The number of alkyl halides is 3. The second-order valence-electron chi connectivity index (χ2n) is 8.59. The van der Waals surface area contributed by atoms with Crippen LogP contribution in [0.15, 0.2) is 60.8 Å². The van der Waals surface area contributed by atoms with E-state index in [1.807, 2.05) is 0 Å². The number of hydrogen-bond acceptors (Lipinski definition) is 9. The number of ether oxygens (including phenoxy) is 1. The molecule has 42 heavy (non-hydrogen) atoms. The molecule has 0 radical (unpaired) electrons. The fourth-order valence-electron chi connectivity index (χ4n) is 3.37. The van der Waals surface area contributed by atoms with Gasteiger partial charge in [-0.05, 0) is 0 Å². The number of anilines is 2. The van der Waals surface area contributed by atoms with Crippen LogP contribution in [0.5, 0.6) is 5.75 Å². The molecule has 0 atom stereocenters. The number of thiazole rings is 1. The number of rotatable bonds is 8. The molecule has 2 aromatic carbocycles. The van der Waals surface area contributed by atoms with E-state index < -0.39 is 41.8 Å². The van der Waals surface area contributed by atoms with Crippen molar-refractivity contribution in [3.05, 3.63) is 73.6 Å². The van der Waals surface area contributed by atoms with Gasteiger partial charge < -0.3 is 0 Å². The monoisotopic (exact) mass is 737 g/mol. The van der Waals surface area contributed by atoms with Crippen LogP contribution in [0.3, 0.4) is 0 Å². The van der Waals surface area contributed by atoms with E-state index in [9.17, 15) is 31.2 Å². The molecule has 0 saturated heterocycles. The van der Waals surface area contributed by atoms with Gasteiger partial charge in [-0.15, -0.1) is 0 Å². The molecule has 4 rings (SSSR count). The first-order valence-electron chi connectivity index (χ1n) is 11.7. The van der Waals surface area contributed by atoms with Gasteiger partial charge in [0, 0.05) is 0 Å². The Morgan fingerprint density at radius 3 is 2.24 bits per heavy atom. The number of hydrogen-bond donors (Lipinski definition) is 1. The number of carbonyl (C=O) groups is 2. The maximum absolute atomic E-state index is 13.2. The van der Waals surface area contributed by atoms with Crippen LogP contribution < -0.4 is 15.0 Å². The summed E-state index contributed by atoms with van der Waals surface area (Å²) in [5.41, 5.74) is -4.66. The molecule has 0 aliphatic rings. The Labute approximate surface area is 250 Å². The Morgan fingerprint density at radius 1 is 1.00 bits per heavy atom. The molecule has 1 N–H and O–H groups in total. The molecule has 0 aliphatic carbocycles. The number of pyridine rings is 1. The summed E-state index contributed by atoms with van der Waals surface area (Å²) in [4.78, 5) is 36.1. The Kier molecular flexibility index (Phi) is 9.24. The molecule has 17 heteroatoms. The van der Waals surface area contributed by atoms with Crippen molar-refractivity contribution in [3.63, 3.8) is 0 Å². The minimum atomic E-state index is -5.95. The van der Waals surface area contributed by atoms with Gasteiger partial charge in [-0.25, -0.2) is 0 Å². The van der Waals surface area contributed by atoms with Crippen molar-refractivity contribution in [2.75, 3.05) is 38.5 Å². The van der Waals surface area contributed by atoms with Crippen molar-refractivity contribution in [2.24, 2.45) is 0 Å². The molecule has 0 fully saturated rings. The van der Waals surface area contributed by atoms with Crippen LogP contribution in [0.2, 0.25) is 0 Å².